The molecule has 1 rings (SSSR count). The van der Waals surface area contributed by atoms with E-state index >= 15 is 0 Å². The lowest BCUT2D eigenvalue weighted by Gasteiger charge is -2.20. The molecule has 1 unspecified atom stereocenters. The molecule has 0 aromatic heterocycles. The number of benzene rings is 1. The molecule has 220 valence electrons. The fourth-order valence-corrected chi connectivity index (χ4v) is 3.13. The van der Waals surface area contributed by atoms with Gasteiger partial charge in [-0.1, -0.05) is 25.8 Å². The highest BCUT2D eigenvalue weighted by atomic mass is 16.8. The van der Waals surface area contributed by atoms with Gasteiger partial charge in [0, 0.05) is 6.54 Å². The van der Waals surface area contributed by atoms with E-state index in [1.54, 1.807) is 40.7 Å². The molecule has 0 saturated carbocycles. The average molecular weight is 556 g/mol. The Morgan fingerprint density at radius 1 is 0.821 bits per heavy atom. The van der Waals surface area contributed by atoms with Gasteiger partial charge in [0.25, 0.3) is 0 Å². The van der Waals surface area contributed by atoms with Crippen LogP contribution in [0.15, 0.2) is 18.2 Å². The lowest BCUT2D eigenvalue weighted by atomic mass is 10.0. The molecule has 0 amide bonds. The predicted octanol–water partition coefficient (Wildman–Crippen LogP) is 4.94. The van der Waals surface area contributed by atoms with Gasteiger partial charge in [-0.25, -0.2) is 14.4 Å². The second kappa shape index (κ2) is 17.9. The number of esters is 1. The fourth-order valence-electron chi connectivity index (χ4n) is 3.13. The molecule has 0 fully saturated rings. The normalized spacial score (nSPS) is 12.3. The highest BCUT2D eigenvalue weighted by Crippen LogP contribution is 2.30. The van der Waals surface area contributed by atoms with Gasteiger partial charge in [-0.3, -0.25) is 4.79 Å². The quantitative estimate of drug-likeness (QED) is 0.135. The van der Waals surface area contributed by atoms with Crippen LogP contribution < -0.4 is 14.8 Å². The van der Waals surface area contributed by atoms with Gasteiger partial charge in [-0.05, 0) is 65.2 Å². The Morgan fingerprint density at radius 2 is 1.44 bits per heavy atom. The lowest BCUT2D eigenvalue weighted by molar-refractivity contribution is -0.143. The van der Waals surface area contributed by atoms with Gasteiger partial charge in [0.2, 0.25) is 0 Å². The summed E-state index contributed by atoms with van der Waals surface area (Å²) in [4.78, 5) is 48.4. The van der Waals surface area contributed by atoms with Gasteiger partial charge in [0.05, 0.1) is 25.9 Å². The predicted molar refractivity (Wildman–Crippen MR) is 140 cm³/mol. The molecule has 1 aromatic carbocycles. The SMILES string of the molecule is CCCCCOC(=O)OC(C)CN[C@@H](Cc1ccc(OC(=O)OC(C)C)c(OC(=O)OC(C)C)c1)C(=O)OC. The zero-order valence-electron chi connectivity index (χ0n) is 23.8. The van der Waals surface area contributed by atoms with Crippen molar-refractivity contribution in [2.75, 3.05) is 20.3 Å². The average Bonchev–Trinajstić information content (AvgIpc) is 2.84. The standard InChI is InChI=1S/C27H41NO11/c1-8-9-10-13-34-25(30)37-19(6)16-28-21(24(29)33-7)14-20-11-12-22(38-26(31)35-17(2)3)23(15-20)39-27(32)36-18(4)5/h11-12,15,17-19,21,28H,8-10,13-14,16H2,1-7H3/t19?,21-/m0/s1. The highest BCUT2D eigenvalue weighted by molar-refractivity contribution is 5.76. The molecule has 0 aliphatic rings. The molecule has 1 N–H and O–H groups in total. The lowest BCUT2D eigenvalue weighted by Crippen LogP contribution is -2.43. The molecule has 1 aromatic rings. The highest BCUT2D eigenvalue weighted by Gasteiger charge is 2.24. The van der Waals surface area contributed by atoms with Crippen LogP contribution >= 0.6 is 0 Å². The van der Waals surface area contributed by atoms with Crippen molar-refractivity contribution in [2.45, 2.75) is 91.6 Å². The van der Waals surface area contributed by atoms with Gasteiger partial charge in [0.1, 0.15) is 12.1 Å². The summed E-state index contributed by atoms with van der Waals surface area (Å²) >= 11 is 0. The first-order valence-corrected chi connectivity index (χ1v) is 13.0. The van der Waals surface area contributed by atoms with Crippen LogP contribution in [0.4, 0.5) is 14.4 Å². The maximum atomic E-state index is 12.4. The molecule has 0 saturated heterocycles. The van der Waals surface area contributed by atoms with Gasteiger partial charge in [0.15, 0.2) is 11.5 Å². The maximum absolute atomic E-state index is 12.4. The number of nitrogens with one attached hydrogen (secondary N) is 1. The first kappa shape index (κ1) is 33.5. The largest absolute Gasteiger partial charge is 0.514 e. The molecule has 0 radical (unpaired) electrons. The van der Waals surface area contributed by atoms with Crippen LogP contribution in [0.25, 0.3) is 0 Å². The van der Waals surface area contributed by atoms with Gasteiger partial charge >= 0.3 is 24.4 Å². The van der Waals surface area contributed by atoms with Gasteiger partial charge in [-0.15, -0.1) is 0 Å². The van der Waals surface area contributed by atoms with Crippen LogP contribution in [0.1, 0.15) is 66.4 Å². The van der Waals surface area contributed by atoms with E-state index in [1.807, 2.05) is 6.92 Å². The zero-order chi connectivity index (χ0) is 29.4. The van der Waals surface area contributed by atoms with E-state index in [1.165, 1.54) is 19.2 Å². The van der Waals surface area contributed by atoms with E-state index < -0.39 is 48.8 Å². The van der Waals surface area contributed by atoms with Crippen LogP contribution in [0.5, 0.6) is 11.5 Å². The van der Waals surface area contributed by atoms with Crippen molar-refractivity contribution < 1.29 is 52.3 Å². The van der Waals surface area contributed by atoms with Crippen molar-refractivity contribution in [3.8, 4) is 11.5 Å². The van der Waals surface area contributed by atoms with Gasteiger partial charge < -0.3 is 38.5 Å². The number of unbranched alkanes of at least 4 members (excludes halogenated alkanes) is 2. The summed E-state index contributed by atoms with van der Waals surface area (Å²) in [6, 6.07) is 3.59. The fraction of sp³-hybridized carbons (Fsp3) is 0.630. The minimum Gasteiger partial charge on any atom is -0.468 e. The second-order valence-electron chi connectivity index (χ2n) is 9.24. The second-order valence-corrected chi connectivity index (χ2v) is 9.24. The van der Waals surface area contributed by atoms with Crippen molar-refractivity contribution in [2.24, 2.45) is 0 Å². The van der Waals surface area contributed by atoms with E-state index in [9.17, 15) is 19.2 Å². The third-order valence-electron chi connectivity index (χ3n) is 4.90. The number of carbonyl (C=O) groups is 4. The van der Waals surface area contributed by atoms with Crippen molar-refractivity contribution in [3.63, 3.8) is 0 Å². The summed E-state index contributed by atoms with van der Waals surface area (Å²) < 4.78 is 35.6. The van der Waals surface area contributed by atoms with E-state index in [0.29, 0.717) is 5.56 Å². The summed E-state index contributed by atoms with van der Waals surface area (Å²) in [6.45, 7) is 10.7. The number of ether oxygens (including phenoxy) is 7. The molecular weight excluding hydrogens is 514 g/mol. The summed E-state index contributed by atoms with van der Waals surface area (Å²) in [5.41, 5.74) is 0.540. The Morgan fingerprint density at radius 3 is 2.00 bits per heavy atom. The van der Waals surface area contributed by atoms with Crippen LogP contribution in [0.2, 0.25) is 0 Å². The molecule has 0 spiro atoms. The van der Waals surface area contributed by atoms with Crippen molar-refractivity contribution in [1.29, 1.82) is 0 Å². The van der Waals surface area contributed by atoms with Crippen molar-refractivity contribution in [1.82, 2.24) is 5.32 Å². The molecule has 0 heterocycles. The summed E-state index contributed by atoms with van der Waals surface area (Å²) in [7, 11) is 1.25. The first-order valence-electron chi connectivity index (χ1n) is 13.0. The van der Waals surface area contributed by atoms with E-state index in [-0.39, 0.29) is 31.1 Å². The topological polar surface area (TPSA) is 145 Å². The van der Waals surface area contributed by atoms with Crippen molar-refractivity contribution >= 4 is 24.4 Å². The minimum atomic E-state index is -1.00. The summed E-state index contributed by atoms with van der Waals surface area (Å²) in [6.07, 6.45) is -1.41. The number of rotatable bonds is 15. The number of carbonyl (C=O) groups excluding carboxylic acids is 4. The molecule has 0 aliphatic carbocycles. The van der Waals surface area contributed by atoms with Crippen molar-refractivity contribution in [3.05, 3.63) is 23.8 Å². The minimum absolute atomic E-state index is 0.0767. The Labute approximate surface area is 229 Å². The van der Waals surface area contributed by atoms with E-state index in [2.05, 4.69) is 5.32 Å². The molecular formula is C27H41NO11. The Kier molecular flexibility index (Phi) is 15.3. The van der Waals surface area contributed by atoms with E-state index in [0.717, 1.165) is 19.3 Å². The smallest absolute Gasteiger partial charge is 0.468 e. The third-order valence-corrected chi connectivity index (χ3v) is 4.90. The van der Waals surface area contributed by atoms with Crippen LogP contribution in [0.3, 0.4) is 0 Å². The van der Waals surface area contributed by atoms with Crippen LogP contribution in [0, 0.1) is 0 Å². The summed E-state index contributed by atoms with van der Waals surface area (Å²) in [5.74, 6) is -0.746. The number of methoxy groups -OCH3 is 1. The maximum Gasteiger partial charge on any atom is 0.514 e. The summed E-state index contributed by atoms with van der Waals surface area (Å²) in [5, 5.41) is 3.01. The molecule has 0 bridgehead atoms. The van der Waals surface area contributed by atoms with Crippen LogP contribution in [-0.2, 0) is 34.9 Å². The number of hydrogen-bond donors (Lipinski definition) is 1. The molecule has 12 nitrogen and oxygen atoms in total. The Bertz CT molecular complexity index is 932. The molecule has 39 heavy (non-hydrogen) atoms. The Balaban J connectivity index is 2.95. The van der Waals surface area contributed by atoms with Gasteiger partial charge in [-0.2, -0.15) is 0 Å². The monoisotopic (exact) mass is 555 g/mol. The molecule has 12 heteroatoms. The third kappa shape index (κ3) is 14.3. The molecule has 2 atom stereocenters. The zero-order valence-corrected chi connectivity index (χ0v) is 23.8. The first-order chi connectivity index (χ1) is 18.4. The van der Waals surface area contributed by atoms with E-state index in [4.69, 9.17) is 33.2 Å². The number of hydrogen-bond acceptors (Lipinski definition) is 12. The molecule has 0 aliphatic heterocycles. The Hall–Kier alpha value is -3.54. The van der Waals surface area contributed by atoms with Crippen LogP contribution in [-0.4, -0.2) is 69.1 Å².